The quantitative estimate of drug-likeness (QED) is 0.381. The highest BCUT2D eigenvalue weighted by Gasteiger charge is 2.34. The van der Waals surface area contributed by atoms with Gasteiger partial charge in [0.15, 0.2) is 5.96 Å². The number of hydrogen-bond donors (Lipinski definition) is 2. The van der Waals surface area contributed by atoms with Gasteiger partial charge in [0.1, 0.15) is 0 Å². The van der Waals surface area contributed by atoms with Gasteiger partial charge >= 0.3 is 0 Å². The first-order valence-corrected chi connectivity index (χ1v) is 10.3. The van der Waals surface area contributed by atoms with Crippen LogP contribution in [0.15, 0.2) is 22.5 Å². The minimum Gasteiger partial charge on any atom is -0.381 e. The van der Waals surface area contributed by atoms with Crippen LogP contribution >= 0.6 is 35.3 Å². The lowest BCUT2D eigenvalue weighted by Gasteiger charge is -2.37. The first kappa shape index (κ1) is 21.0. The molecule has 6 heteroatoms. The highest BCUT2D eigenvalue weighted by atomic mass is 127. The van der Waals surface area contributed by atoms with Crippen LogP contribution < -0.4 is 10.6 Å². The van der Waals surface area contributed by atoms with Crippen molar-refractivity contribution in [1.82, 2.24) is 10.6 Å². The Morgan fingerprint density at radius 2 is 2.00 bits per heavy atom. The standard InChI is InChI=1S/C19H31N3OS.HI/c1-20-18(21-14-16-7-11-23-12-8-16)22-15-19(9-3-2-4-10-19)17-6-5-13-24-17;/h5-6,13,16H,2-4,7-12,14-15H2,1H3,(H2,20,21,22);1H. The van der Waals surface area contributed by atoms with Gasteiger partial charge in [0.2, 0.25) is 0 Å². The molecule has 1 saturated carbocycles. The zero-order valence-corrected chi connectivity index (χ0v) is 18.4. The zero-order chi connectivity index (χ0) is 16.7. The fourth-order valence-corrected chi connectivity index (χ4v) is 4.97. The maximum absolute atomic E-state index is 5.44. The van der Waals surface area contributed by atoms with Gasteiger partial charge in [-0.15, -0.1) is 35.3 Å². The lowest BCUT2D eigenvalue weighted by molar-refractivity contribution is 0.0675. The third kappa shape index (κ3) is 5.82. The van der Waals surface area contributed by atoms with Crippen molar-refractivity contribution >= 4 is 41.3 Å². The van der Waals surface area contributed by atoms with E-state index < -0.39 is 0 Å². The van der Waals surface area contributed by atoms with Gasteiger partial charge in [0, 0.05) is 43.6 Å². The summed E-state index contributed by atoms with van der Waals surface area (Å²) in [7, 11) is 1.87. The molecule has 1 aromatic heterocycles. The minimum atomic E-state index is 0. The number of halogens is 1. The number of ether oxygens (including phenoxy) is 1. The van der Waals surface area contributed by atoms with E-state index in [0.29, 0.717) is 11.3 Å². The SMILES string of the molecule is CN=C(NCC1CCOCC1)NCC1(c2cccs2)CCCCC1.I. The molecule has 0 bridgehead atoms. The number of thiophene rings is 1. The van der Waals surface area contributed by atoms with Gasteiger partial charge in [-0.05, 0) is 43.0 Å². The average Bonchev–Trinajstić information content (AvgIpc) is 3.19. The first-order valence-electron chi connectivity index (χ1n) is 9.39. The Kier molecular flexibility index (Phi) is 8.99. The zero-order valence-electron chi connectivity index (χ0n) is 15.3. The summed E-state index contributed by atoms with van der Waals surface area (Å²) in [6.45, 7) is 3.79. The molecule has 4 nitrogen and oxygen atoms in total. The molecule has 0 amide bonds. The van der Waals surface area contributed by atoms with Crippen LogP contribution in [0.3, 0.4) is 0 Å². The predicted molar refractivity (Wildman–Crippen MR) is 117 cm³/mol. The molecule has 0 spiro atoms. The minimum absolute atomic E-state index is 0. The van der Waals surface area contributed by atoms with Crippen LogP contribution in [0.4, 0.5) is 0 Å². The Labute approximate surface area is 173 Å². The highest BCUT2D eigenvalue weighted by Crippen LogP contribution is 2.41. The van der Waals surface area contributed by atoms with Crippen LogP contribution in [0.1, 0.15) is 49.8 Å². The monoisotopic (exact) mass is 477 g/mol. The van der Waals surface area contributed by atoms with E-state index in [2.05, 4.69) is 33.1 Å². The van der Waals surface area contributed by atoms with Crippen LogP contribution in [0, 0.1) is 5.92 Å². The summed E-state index contributed by atoms with van der Waals surface area (Å²) in [6, 6.07) is 4.50. The number of nitrogens with zero attached hydrogens (tertiary/aromatic N) is 1. The van der Waals surface area contributed by atoms with Crippen molar-refractivity contribution in [3.05, 3.63) is 22.4 Å². The van der Waals surface area contributed by atoms with Crippen molar-refractivity contribution in [2.75, 3.05) is 33.4 Å². The van der Waals surface area contributed by atoms with Gasteiger partial charge in [0.25, 0.3) is 0 Å². The fraction of sp³-hybridized carbons (Fsp3) is 0.737. The summed E-state index contributed by atoms with van der Waals surface area (Å²) < 4.78 is 5.44. The van der Waals surface area contributed by atoms with Crippen LogP contribution in [0.5, 0.6) is 0 Å². The van der Waals surface area contributed by atoms with E-state index in [1.165, 1.54) is 37.0 Å². The third-order valence-electron chi connectivity index (χ3n) is 5.57. The molecule has 0 unspecified atom stereocenters. The Bertz CT molecular complexity index is 509. The lowest BCUT2D eigenvalue weighted by Crippen LogP contribution is -2.47. The smallest absolute Gasteiger partial charge is 0.191 e. The van der Waals surface area contributed by atoms with E-state index in [-0.39, 0.29) is 24.0 Å². The number of rotatable bonds is 5. The van der Waals surface area contributed by atoms with E-state index in [4.69, 9.17) is 4.74 Å². The molecule has 142 valence electrons. The van der Waals surface area contributed by atoms with E-state index >= 15 is 0 Å². The Balaban J connectivity index is 0.00000225. The molecule has 2 fully saturated rings. The van der Waals surface area contributed by atoms with Gasteiger partial charge in [-0.25, -0.2) is 0 Å². The van der Waals surface area contributed by atoms with Crippen molar-refractivity contribution in [1.29, 1.82) is 0 Å². The number of nitrogens with one attached hydrogen (secondary N) is 2. The molecule has 2 N–H and O–H groups in total. The second-order valence-electron chi connectivity index (χ2n) is 7.18. The maximum atomic E-state index is 5.44. The van der Waals surface area contributed by atoms with Gasteiger partial charge < -0.3 is 15.4 Å². The predicted octanol–water partition coefficient (Wildman–Crippen LogP) is 4.16. The number of guanidine groups is 1. The van der Waals surface area contributed by atoms with E-state index in [0.717, 1.165) is 45.1 Å². The summed E-state index contributed by atoms with van der Waals surface area (Å²) in [5.41, 5.74) is 0.294. The molecular formula is C19H32IN3OS. The van der Waals surface area contributed by atoms with Gasteiger partial charge in [-0.3, -0.25) is 4.99 Å². The van der Waals surface area contributed by atoms with Crippen LogP contribution in [-0.4, -0.2) is 39.3 Å². The summed E-state index contributed by atoms with van der Waals surface area (Å²) in [6.07, 6.45) is 8.95. The molecular weight excluding hydrogens is 445 g/mol. The van der Waals surface area contributed by atoms with Crippen molar-refractivity contribution in [3.8, 4) is 0 Å². The van der Waals surface area contributed by atoms with Crippen molar-refractivity contribution in [3.63, 3.8) is 0 Å². The molecule has 1 saturated heterocycles. The first-order chi connectivity index (χ1) is 11.8. The molecule has 0 radical (unpaired) electrons. The van der Waals surface area contributed by atoms with Crippen molar-refractivity contribution in [2.24, 2.45) is 10.9 Å². The van der Waals surface area contributed by atoms with E-state index in [1.807, 2.05) is 18.4 Å². The topological polar surface area (TPSA) is 45.7 Å². The van der Waals surface area contributed by atoms with Gasteiger partial charge in [0.05, 0.1) is 0 Å². The molecule has 1 aromatic rings. The summed E-state index contributed by atoms with van der Waals surface area (Å²) in [4.78, 5) is 5.97. The van der Waals surface area contributed by atoms with Crippen LogP contribution in [0.25, 0.3) is 0 Å². The van der Waals surface area contributed by atoms with Gasteiger partial charge in [-0.2, -0.15) is 0 Å². The maximum Gasteiger partial charge on any atom is 0.191 e. The van der Waals surface area contributed by atoms with Crippen molar-refractivity contribution < 1.29 is 4.74 Å². The van der Waals surface area contributed by atoms with Crippen LogP contribution in [-0.2, 0) is 10.2 Å². The van der Waals surface area contributed by atoms with E-state index in [9.17, 15) is 0 Å². The normalized spacial score (nSPS) is 21.4. The summed E-state index contributed by atoms with van der Waals surface area (Å²) >= 11 is 1.91. The highest BCUT2D eigenvalue weighted by molar-refractivity contribution is 14.0. The molecule has 1 aliphatic heterocycles. The van der Waals surface area contributed by atoms with Gasteiger partial charge in [-0.1, -0.05) is 25.3 Å². The Morgan fingerprint density at radius 1 is 1.24 bits per heavy atom. The van der Waals surface area contributed by atoms with Crippen LogP contribution in [0.2, 0.25) is 0 Å². The molecule has 0 atom stereocenters. The number of hydrogen-bond acceptors (Lipinski definition) is 3. The number of aliphatic imine (C=N–C) groups is 1. The second kappa shape index (κ2) is 10.7. The molecule has 2 heterocycles. The molecule has 2 aliphatic rings. The fourth-order valence-electron chi connectivity index (χ4n) is 3.98. The summed E-state index contributed by atoms with van der Waals surface area (Å²) in [5, 5.41) is 9.36. The molecule has 3 rings (SSSR count). The molecule has 25 heavy (non-hydrogen) atoms. The average molecular weight is 477 g/mol. The summed E-state index contributed by atoms with van der Waals surface area (Å²) in [5.74, 6) is 1.65. The molecule has 1 aliphatic carbocycles. The van der Waals surface area contributed by atoms with Crippen molar-refractivity contribution in [2.45, 2.75) is 50.4 Å². The van der Waals surface area contributed by atoms with E-state index in [1.54, 1.807) is 0 Å². The largest absolute Gasteiger partial charge is 0.381 e. The second-order valence-corrected chi connectivity index (χ2v) is 8.13. The molecule has 0 aromatic carbocycles. The Hall–Kier alpha value is -0.340. The lowest BCUT2D eigenvalue weighted by atomic mass is 9.73. The third-order valence-corrected chi connectivity index (χ3v) is 6.69. The Morgan fingerprint density at radius 3 is 2.64 bits per heavy atom.